The van der Waals surface area contributed by atoms with Crippen molar-refractivity contribution in [1.82, 2.24) is 9.80 Å². The number of aliphatic hydroxyl groups is 1. The Hall–Kier alpha value is -0.860. The van der Waals surface area contributed by atoms with Crippen molar-refractivity contribution in [3.63, 3.8) is 0 Å². The second-order valence-electron chi connectivity index (χ2n) is 9.45. The van der Waals surface area contributed by atoms with Gasteiger partial charge in [0.25, 0.3) is 0 Å². The molecule has 2 rings (SSSR count). The first-order valence-corrected chi connectivity index (χ1v) is 12.5. The molecule has 2 aliphatic rings. The summed E-state index contributed by atoms with van der Waals surface area (Å²) in [4.78, 5) is 16.4. The minimum absolute atomic E-state index is 0.122. The molecular weight excluding hydrogens is 380 g/mol. The summed E-state index contributed by atoms with van der Waals surface area (Å²) in [6.45, 7) is 8.90. The zero-order valence-corrected chi connectivity index (χ0v) is 18.7. The van der Waals surface area contributed by atoms with E-state index in [-0.39, 0.29) is 24.5 Å². The van der Waals surface area contributed by atoms with Gasteiger partial charge in [0.05, 0.1) is 12.4 Å². The number of amides is 1. The number of likely N-dealkylation sites (tertiary alicyclic amines) is 2. The first-order valence-electron chi connectivity index (χ1n) is 10.5. The molecule has 2 fully saturated rings. The molecule has 0 saturated carbocycles. The second kappa shape index (κ2) is 9.76. The van der Waals surface area contributed by atoms with Crippen LogP contribution in [0.1, 0.15) is 52.9 Å². The standard InChI is InChI=1S/C20H38N2O5S/c1-20(2,3)27-19(24)22-12-7-17(8-13-22)18(15-23)21-10-5-16(6-11-21)9-14-28(4,25)26/h16-18,23H,5-15H2,1-4H3. The van der Waals surface area contributed by atoms with Crippen LogP contribution >= 0.6 is 0 Å². The van der Waals surface area contributed by atoms with E-state index in [0.717, 1.165) is 45.2 Å². The topological polar surface area (TPSA) is 87.2 Å². The van der Waals surface area contributed by atoms with Crippen LogP contribution in [-0.2, 0) is 14.6 Å². The van der Waals surface area contributed by atoms with Gasteiger partial charge in [0.1, 0.15) is 15.4 Å². The van der Waals surface area contributed by atoms with Crippen LogP contribution in [0.2, 0.25) is 0 Å². The van der Waals surface area contributed by atoms with Gasteiger partial charge in [0, 0.05) is 25.4 Å². The third kappa shape index (κ3) is 7.52. The van der Waals surface area contributed by atoms with E-state index in [1.807, 2.05) is 20.8 Å². The fourth-order valence-electron chi connectivity index (χ4n) is 4.31. The van der Waals surface area contributed by atoms with Crippen molar-refractivity contribution in [3.8, 4) is 0 Å². The molecule has 8 heteroatoms. The molecule has 1 amide bonds. The molecule has 0 aromatic rings. The number of ether oxygens (including phenoxy) is 1. The van der Waals surface area contributed by atoms with Crippen molar-refractivity contribution in [2.75, 3.05) is 44.8 Å². The molecule has 0 radical (unpaired) electrons. The molecule has 2 saturated heterocycles. The highest BCUT2D eigenvalue weighted by molar-refractivity contribution is 7.90. The molecule has 0 bridgehead atoms. The molecule has 1 atom stereocenters. The maximum atomic E-state index is 12.2. The number of hydrogen-bond donors (Lipinski definition) is 1. The summed E-state index contributed by atoms with van der Waals surface area (Å²) in [5.74, 6) is 1.10. The van der Waals surface area contributed by atoms with Crippen molar-refractivity contribution in [1.29, 1.82) is 0 Å². The number of carbonyl (C=O) groups excluding carboxylic acids is 1. The first kappa shape index (κ1) is 23.4. The average Bonchev–Trinajstić information content (AvgIpc) is 2.60. The summed E-state index contributed by atoms with van der Waals surface area (Å²) >= 11 is 0. The van der Waals surface area contributed by atoms with Gasteiger partial charge in [0.2, 0.25) is 0 Å². The summed E-state index contributed by atoms with van der Waals surface area (Å²) in [6, 6.07) is 0.122. The van der Waals surface area contributed by atoms with Gasteiger partial charge in [-0.1, -0.05) is 0 Å². The lowest BCUT2D eigenvalue weighted by Gasteiger charge is -2.43. The number of sulfone groups is 1. The molecule has 0 spiro atoms. The molecule has 7 nitrogen and oxygen atoms in total. The molecule has 2 aliphatic heterocycles. The SMILES string of the molecule is CC(C)(C)OC(=O)N1CCC(C(CO)N2CCC(CCS(C)(=O)=O)CC2)CC1. The summed E-state index contributed by atoms with van der Waals surface area (Å²) in [7, 11) is -2.90. The van der Waals surface area contributed by atoms with Crippen LogP contribution in [0.25, 0.3) is 0 Å². The van der Waals surface area contributed by atoms with E-state index in [1.165, 1.54) is 6.26 Å². The number of hydrogen-bond acceptors (Lipinski definition) is 6. The minimum atomic E-state index is -2.90. The first-order chi connectivity index (χ1) is 13.0. The fraction of sp³-hybridized carbons (Fsp3) is 0.950. The fourth-order valence-corrected chi connectivity index (χ4v) is 5.07. The van der Waals surface area contributed by atoms with Crippen LogP contribution in [0.3, 0.4) is 0 Å². The van der Waals surface area contributed by atoms with Gasteiger partial charge in [-0.15, -0.1) is 0 Å². The Balaban J connectivity index is 1.79. The predicted octanol–water partition coefficient (Wildman–Crippen LogP) is 2.14. The Kier molecular flexibility index (Phi) is 8.16. The Bertz CT molecular complexity index is 601. The van der Waals surface area contributed by atoms with E-state index in [1.54, 1.807) is 4.90 Å². The lowest BCUT2D eigenvalue weighted by Crippen LogP contribution is -2.51. The summed E-state index contributed by atoms with van der Waals surface area (Å²) in [5.41, 5.74) is -0.483. The Morgan fingerprint density at radius 1 is 1.11 bits per heavy atom. The van der Waals surface area contributed by atoms with Crippen LogP contribution in [0.5, 0.6) is 0 Å². The average molecular weight is 419 g/mol. The Labute approximate surface area is 170 Å². The van der Waals surface area contributed by atoms with Crippen molar-refractivity contribution in [2.45, 2.75) is 64.5 Å². The molecule has 0 aromatic carbocycles. The van der Waals surface area contributed by atoms with Crippen LogP contribution in [0.4, 0.5) is 4.79 Å². The van der Waals surface area contributed by atoms with Gasteiger partial charge in [-0.05, 0) is 77.8 Å². The highest BCUT2D eigenvalue weighted by Gasteiger charge is 2.34. The molecule has 0 aromatic heterocycles. The van der Waals surface area contributed by atoms with E-state index in [9.17, 15) is 18.3 Å². The smallest absolute Gasteiger partial charge is 0.410 e. The molecule has 1 N–H and O–H groups in total. The quantitative estimate of drug-likeness (QED) is 0.711. The molecule has 1 unspecified atom stereocenters. The Morgan fingerprint density at radius 2 is 1.68 bits per heavy atom. The highest BCUT2D eigenvalue weighted by atomic mass is 32.2. The number of rotatable bonds is 6. The maximum absolute atomic E-state index is 12.2. The second-order valence-corrected chi connectivity index (χ2v) is 11.7. The van der Waals surface area contributed by atoms with Gasteiger partial charge in [-0.2, -0.15) is 0 Å². The van der Waals surface area contributed by atoms with E-state index in [2.05, 4.69) is 4.90 Å². The lowest BCUT2D eigenvalue weighted by molar-refractivity contribution is 0.00291. The summed E-state index contributed by atoms with van der Waals surface area (Å²) in [5, 5.41) is 10.0. The highest BCUT2D eigenvalue weighted by Crippen LogP contribution is 2.29. The van der Waals surface area contributed by atoms with E-state index < -0.39 is 15.4 Å². The van der Waals surface area contributed by atoms with Crippen LogP contribution in [0, 0.1) is 11.8 Å². The van der Waals surface area contributed by atoms with Gasteiger partial charge >= 0.3 is 6.09 Å². The number of nitrogens with zero attached hydrogens (tertiary/aromatic N) is 2. The third-order valence-electron chi connectivity index (χ3n) is 5.94. The molecule has 2 heterocycles. The lowest BCUT2D eigenvalue weighted by atomic mass is 9.86. The Morgan fingerprint density at radius 3 is 2.14 bits per heavy atom. The third-order valence-corrected chi connectivity index (χ3v) is 6.91. The van der Waals surface area contributed by atoms with Crippen LogP contribution < -0.4 is 0 Å². The van der Waals surface area contributed by atoms with Crippen LogP contribution in [0.15, 0.2) is 0 Å². The van der Waals surface area contributed by atoms with Crippen molar-refractivity contribution < 1.29 is 23.1 Å². The zero-order chi connectivity index (χ0) is 20.9. The molecule has 28 heavy (non-hydrogen) atoms. The minimum Gasteiger partial charge on any atom is -0.444 e. The van der Waals surface area contributed by atoms with E-state index in [0.29, 0.717) is 24.9 Å². The van der Waals surface area contributed by atoms with Gasteiger partial charge in [0.15, 0.2) is 0 Å². The molecular formula is C20H38N2O5S. The predicted molar refractivity (Wildman–Crippen MR) is 110 cm³/mol. The number of aliphatic hydroxyl groups excluding tert-OH is 1. The molecule has 0 aliphatic carbocycles. The number of piperidine rings is 2. The largest absolute Gasteiger partial charge is 0.444 e. The van der Waals surface area contributed by atoms with Gasteiger partial charge in [-0.3, -0.25) is 4.90 Å². The van der Waals surface area contributed by atoms with Crippen molar-refractivity contribution >= 4 is 15.9 Å². The van der Waals surface area contributed by atoms with E-state index in [4.69, 9.17) is 4.74 Å². The van der Waals surface area contributed by atoms with Gasteiger partial charge in [-0.25, -0.2) is 13.2 Å². The zero-order valence-electron chi connectivity index (χ0n) is 17.9. The monoisotopic (exact) mass is 418 g/mol. The normalized spacial score (nSPS) is 22.2. The molecule has 164 valence electrons. The van der Waals surface area contributed by atoms with Crippen molar-refractivity contribution in [2.24, 2.45) is 11.8 Å². The number of carbonyl (C=O) groups is 1. The van der Waals surface area contributed by atoms with Gasteiger partial charge < -0.3 is 14.7 Å². The summed E-state index contributed by atoms with van der Waals surface area (Å²) < 4.78 is 28.2. The van der Waals surface area contributed by atoms with Crippen molar-refractivity contribution in [3.05, 3.63) is 0 Å². The maximum Gasteiger partial charge on any atom is 0.410 e. The summed E-state index contributed by atoms with van der Waals surface area (Å²) in [6.07, 6.45) is 5.51. The van der Waals surface area contributed by atoms with Crippen LogP contribution in [-0.4, -0.2) is 85.9 Å². The van der Waals surface area contributed by atoms with E-state index >= 15 is 0 Å².